The van der Waals surface area contributed by atoms with E-state index in [1.165, 1.54) is 13.2 Å². The summed E-state index contributed by atoms with van der Waals surface area (Å²) in [5, 5.41) is 10.1. The maximum Gasteiger partial charge on any atom is 0.410 e. The molecule has 1 saturated heterocycles. The van der Waals surface area contributed by atoms with Crippen LogP contribution in [0.4, 0.5) is 4.79 Å². The highest BCUT2D eigenvalue weighted by Gasteiger charge is 2.28. The van der Waals surface area contributed by atoms with Crippen molar-refractivity contribution in [1.82, 2.24) is 9.80 Å². The van der Waals surface area contributed by atoms with Gasteiger partial charge >= 0.3 is 6.09 Å². The molecule has 0 spiro atoms. The number of carbonyl (C=O) groups excluding carboxylic acids is 2. The minimum absolute atomic E-state index is 0.0904. The average molecular weight is 378 g/mol. The molecule has 0 unspecified atom stereocenters. The number of hydrogen-bond acceptors (Lipinski definition) is 5. The van der Waals surface area contributed by atoms with Gasteiger partial charge in [-0.25, -0.2) is 4.79 Å². The second-order valence-corrected chi connectivity index (χ2v) is 8.00. The van der Waals surface area contributed by atoms with E-state index in [0.717, 1.165) is 12.8 Å². The molecule has 0 saturated carbocycles. The highest BCUT2D eigenvalue weighted by atomic mass is 16.6. The van der Waals surface area contributed by atoms with Gasteiger partial charge in [-0.1, -0.05) is 0 Å². The average Bonchev–Trinajstić information content (AvgIpc) is 2.59. The Kier molecular flexibility index (Phi) is 6.57. The number of carbonyl (C=O) groups is 2. The molecule has 1 fully saturated rings. The van der Waals surface area contributed by atoms with Crippen LogP contribution in [-0.4, -0.2) is 66.3 Å². The summed E-state index contributed by atoms with van der Waals surface area (Å²) in [6.45, 7) is 7.20. The van der Waals surface area contributed by atoms with Crippen LogP contribution in [0.5, 0.6) is 11.5 Å². The summed E-state index contributed by atoms with van der Waals surface area (Å²) in [6, 6.07) is 4.67. The van der Waals surface area contributed by atoms with Crippen molar-refractivity contribution in [3.05, 3.63) is 23.8 Å². The zero-order chi connectivity index (χ0) is 20.2. The number of nitrogens with zero attached hydrogens (tertiary/aromatic N) is 2. The molecule has 7 heteroatoms. The summed E-state index contributed by atoms with van der Waals surface area (Å²) in [6.07, 6.45) is 1.43. The van der Waals surface area contributed by atoms with Crippen molar-refractivity contribution in [3.8, 4) is 11.5 Å². The van der Waals surface area contributed by atoms with Crippen LogP contribution in [0.25, 0.3) is 0 Å². The molecule has 0 aromatic heterocycles. The third-order valence-electron chi connectivity index (χ3n) is 4.48. The van der Waals surface area contributed by atoms with Crippen molar-refractivity contribution >= 4 is 12.0 Å². The number of methoxy groups -OCH3 is 1. The Morgan fingerprint density at radius 1 is 1.33 bits per heavy atom. The lowest BCUT2D eigenvalue weighted by Gasteiger charge is -2.35. The van der Waals surface area contributed by atoms with Crippen LogP contribution >= 0.6 is 0 Å². The molecule has 7 nitrogen and oxygen atoms in total. The predicted octanol–water partition coefficient (Wildman–Crippen LogP) is 3.12. The van der Waals surface area contributed by atoms with Crippen LogP contribution in [0, 0.1) is 5.92 Å². The lowest BCUT2D eigenvalue weighted by Crippen LogP contribution is -2.45. The number of piperidine rings is 1. The molecule has 27 heavy (non-hydrogen) atoms. The molecule has 2 rings (SSSR count). The van der Waals surface area contributed by atoms with Crippen molar-refractivity contribution in [3.63, 3.8) is 0 Å². The van der Waals surface area contributed by atoms with Crippen LogP contribution < -0.4 is 4.74 Å². The zero-order valence-electron chi connectivity index (χ0n) is 16.8. The maximum absolute atomic E-state index is 12.8. The molecule has 1 N–H and O–H groups in total. The standard InChI is InChI=1S/C20H30N2O5/c1-20(2,3)27-19(25)21(4)12-14-7-6-10-22(13-14)18(24)16-9-8-15(26-5)11-17(16)23/h8-9,11,14,23H,6-7,10,12-13H2,1-5H3/t14-/m1/s1. The Labute approximate surface area is 160 Å². The zero-order valence-corrected chi connectivity index (χ0v) is 16.8. The Morgan fingerprint density at radius 3 is 2.63 bits per heavy atom. The molecule has 1 aromatic carbocycles. The van der Waals surface area contributed by atoms with E-state index >= 15 is 0 Å². The smallest absolute Gasteiger partial charge is 0.410 e. The molecular formula is C20H30N2O5. The molecule has 1 aromatic rings. The van der Waals surface area contributed by atoms with Gasteiger partial charge in [-0.15, -0.1) is 0 Å². The van der Waals surface area contributed by atoms with Crippen molar-refractivity contribution in [2.24, 2.45) is 5.92 Å². The number of amides is 2. The van der Waals surface area contributed by atoms with Crippen molar-refractivity contribution in [2.75, 3.05) is 33.8 Å². The molecule has 0 aliphatic carbocycles. The Hall–Kier alpha value is -2.44. The van der Waals surface area contributed by atoms with E-state index in [1.54, 1.807) is 29.0 Å². The van der Waals surface area contributed by atoms with Crippen LogP contribution in [0.1, 0.15) is 44.0 Å². The largest absolute Gasteiger partial charge is 0.507 e. The number of rotatable bonds is 4. The Balaban J connectivity index is 1.99. The number of ether oxygens (including phenoxy) is 2. The first-order valence-corrected chi connectivity index (χ1v) is 9.21. The number of phenols is 1. The lowest BCUT2D eigenvalue weighted by atomic mass is 9.96. The second kappa shape index (κ2) is 8.50. The number of aromatic hydroxyl groups is 1. The van der Waals surface area contributed by atoms with Gasteiger partial charge in [0.25, 0.3) is 5.91 Å². The normalized spacial score (nSPS) is 17.4. The van der Waals surface area contributed by atoms with Gasteiger partial charge in [0, 0.05) is 32.7 Å². The van der Waals surface area contributed by atoms with E-state index in [4.69, 9.17) is 9.47 Å². The fraction of sp³-hybridized carbons (Fsp3) is 0.600. The molecule has 0 radical (unpaired) electrons. The SMILES string of the molecule is COc1ccc(C(=O)N2CCC[C@H](CN(C)C(=O)OC(C)(C)C)C2)c(O)c1. The van der Waals surface area contributed by atoms with Crippen LogP contribution in [-0.2, 0) is 4.74 Å². The maximum atomic E-state index is 12.8. The van der Waals surface area contributed by atoms with Gasteiger partial charge in [-0.2, -0.15) is 0 Å². The number of benzene rings is 1. The highest BCUT2D eigenvalue weighted by molar-refractivity contribution is 5.97. The minimum Gasteiger partial charge on any atom is -0.507 e. The highest BCUT2D eigenvalue weighted by Crippen LogP contribution is 2.27. The fourth-order valence-corrected chi connectivity index (χ4v) is 3.19. The molecule has 2 amide bonds. The summed E-state index contributed by atoms with van der Waals surface area (Å²) >= 11 is 0. The van der Waals surface area contributed by atoms with Crippen LogP contribution in [0.2, 0.25) is 0 Å². The molecular weight excluding hydrogens is 348 g/mol. The molecule has 1 aliphatic rings. The number of likely N-dealkylation sites (tertiary alicyclic amines) is 1. The van der Waals surface area contributed by atoms with Crippen molar-refractivity contribution < 1.29 is 24.2 Å². The number of hydrogen-bond donors (Lipinski definition) is 1. The second-order valence-electron chi connectivity index (χ2n) is 8.00. The summed E-state index contributed by atoms with van der Waals surface area (Å²) in [4.78, 5) is 28.2. The van der Waals surface area contributed by atoms with Crippen molar-refractivity contribution in [2.45, 2.75) is 39.2 Å². The topological polar surface area (TPSA) is 79.3 Å². The van der Waals surface area contributed by atoms with E-state index in [9.17, 15) is 14.7 Å². The third kappa shape index (κ3) is 5.77. The monoisotopic (exact) mass is 378 g/mol. The molecule has 150 valence electrons. The van der Waals surface area contributed by atoms with Gasteiger partial charge in [0.2, 0.25) is 0 Å². The van der Waals surface area contributed by atoms with Gasteiger partial charge in [-0.3, -0.25) is 4.79 Å². The van der Waals surface area contributed by atoms with E-state index in [2.05, 4.69) is 0 Å². The fourth-order valence-electron chi connectivity index (χ4n) is 3.19. The molecule has 1 aliphatic heterocycles. The summed E-state index contributed by atoms with van der Waals surface area (Å²) in [5.41, 5.74) is -0.275. The first-order chi connectivity index (χ1) is 12.6. The van der Waals surface area contributed by atoms with Crippen LogP contribution in [0.15, 0.2) is 18.2 Å². The minimum atomic E-state index is -0.536. The van der Waals surface area contributed by atoms with Gasteiger partial charge < -0.3 is 24.4 Å². The summed E-state index contributed by atoms with van der Waals surface area (Å²) in [5.74, 6) is 0.368. The number of phenolic OH excluding ortho intramolecular Hbond substituents is 1. The Morgan fingerprint density at radius 2 is 2.04 bits per heavy atom. The molecule has 0 bridgehead atoms. The van der Waals surface area contributed by atoms with Gasteiger partial charge in [-0.05, 0) is 51.7 Å². The first-order valence-electron chi connectivity index (χ1n) is 9.21. The lowest BCUT2D eigenvalue weighted by molar-refractivity contribution is 0.0244. The first kappa shape index (κ1) is 20.9. The van der Waals surface area contributed by atoms with Gasteiger partial charge in [0.1, 0.15) is 17.1 Å². The van der Waals surface area contributed by atoms with E-state index in [0.29, 0.717) is 25.4 Å². The van der Waals surface area contributed by atoms with Gasteiger partial charge in [0.05, 0.1) is 12.7 Å². The Bertz CT molecular complexity index is 683. The van der Waals surface area contributed by atoms with Crippen molar-refractivity contribution in [1.29, 1.82) is 0 Å². The van der Waals surface area contributed by atoms with E-state index in [1.807, 2.05) is 20.8 Å². The summed E-state index contributed by atoms with van der Waals surface area (Å²) in [7, 11) is 3.22. The van der Waals surface area contributed by atoms with Crippen LogP contribution in [0.3, 0.4) is 0 Å². The van der Waals surface area contributed by atoms with E-state index < -0.39 is 5.60 Å². The van der Waals surface area contributed by atoms with Gasteiger partial charge in [0.15, 0.2) is 0 Å². The molecule has 1 heterocycles. The summed E-state index contributed by atoms with van der Waals surface area (Å²) < 4.78 is 10.4. The predicted molar refractivity (Wildman–Crippen MR) is 102 cm³/mol. The van der Waals surface area contributed by atoms with E-state index in [-0.39, 0.29) is 29.2 Å². The quantitative estimate of drug-likeness (QED) is 0.871. The molecule has 1 atom stereocenters. The third-order valence-corrected chi connectivity index (χ3v) is 4.48.